The summed E-state index contributed by atoms with van der Waals surface area (Å²) in [4.78, 5) is 30.4. The molecule has 1 amide bonds. The molecule has 318 valence electrons. The summed E-state index contributed by atoms with van der Waals surface area (Å²) >= 11 is 0. The highest BCUT2D eigenvalue weighted by Gasteiger charge is 2.68. The molecule has 9 atom stereocenters. The molecule has 3 fully saturated rings. The molecule has 0 radical (unpaired) electrons. The van der Waals surface area contributed by atoms with Crippen LogP contribution < -0.4 is 5.43 Å². The van der Waals surface area contributed by atoms with Gasteiger partial charge >= 0.3 is 0 Å². The molecule has 10 heteroatoms. The fourth-order valence-electron chi connectivity index (χ4n) is 14.0. The molecule has 4 heterocycles. The van der Waals surface area contributed by atoms with Crippen molar-refractivity contribution in [3.63, 3.8) is 0 Å². The Morgan fingerprint density at radius 2 is 1.75 bits per heavy atom. The van der Waals surface area contributed by atoms with Crippen LogP contribution in [0.3, 0.4) is 0 Å². The molecule has 2 saturated carbocycles. The van der Waals surface area contributed by atoms with Gasteiger partial charge in [0.1, 0.15) is 6.04 Å². The van der Waals surface area contributed by atoms with Gasteiger partial charge < -0.3 is 24.6 Å². The van der Waals surface area contributed by atoms with Crippen LogP contribution in [0.5, 0.6) is 0 Å². The number of nitrogens with one attached hydrogen (secondary N) is 1. The first-order valence-electron chi connectivity index (χ1n) is 22.2. The van der Waals surface area contributed by atoms with E-state index in [1.165, 1.54) is 11.3 Å². The van der Waals surface area contributed by atoms with Crippen LogP contribution in [0.25, 0.3) is 16.5 Å². The molecule has 3 aliphatic heterocycles. The molecule has 0 bridgehead atoms. The quantitative estimate of drug-likeness (QED) is 0.138. The van der Waals surface area contributed by atoms with E-state index in [1.807, 2.05) is 31.0 Å². The Morgan fingerprint density at radius 1 is 1.03 bits per heavy atom. The number of piperazine rings is 1. The van der Waals surface area contributed by atoms with Crippen LogP contribution >= 0.6 is 0 Å². The summed E-state index contributed by atoms with van der Waals surface area (Å²) in [5, 5.41) is 36.5. The summed E-state index contributed by atoms with van der Waals surface area (Å²) in [6.07, 6.45) is 11.3. The van der Waals surface area contributed by atoms with Gasteiger partial charge in [-0.25, -0.2) is 5.01 Å². The molecule has 1 aromatic heterocycles. The van der Waals surface area contributed by atoms with Crippen molar-refractivity contribution in [2.75, 3.05) is 39.3 Å². The van der Waals surface area contributed by atoms with E-state index in [4.69, 9.17) is 4.74 Å². The monoisotopic (exact) mass is 806 g/mol. The average Bonchev–Trinajstić information content (AvgIpc) is 3.83. The number of carbonyl (C=O) groups is 2. The van der Waals surface area contributed by atoms with Gasteiger partial charge in [-0.1, -0.05) is 51.2 Å². The number of β-amino-alcohol motifs (C(OH)–C–C–N with tert-alkyl or cyclic N) is 1. The van der Waals surface area contributed by atoms with E-state index in [-0.39, 0.29) is 41.0 Å². The van der Waals surface area contributed by atoms with Crippen molar-refractivity contribution < 1.29 is 29.6 Å². The first-order valence-corrected chi connectivity index (χ1v) is 22.2. The highest BCUT2D eigenvalue weighted by Crippen LogP contribution is 2.71. The van der Waals surface area contributed by atoms with Crippen molar-refractivity contribution in [1.29, 1.82) is 0 Å². The van der Waals surface area contributed by atoms with Crippen molar-refractivity contribution in [3.8, 4) is 0 Å². The number of hydrogen-bond donors (Lipinski definition) is 4. The normalized spacial score (nSPS) is 37.3. The number of aromatic nitrogens is 1. The molecule has 9 rings (SSSR count). The van der Waals surface area contributed by atoms with E-state index < -0.39 is 34.9 Å². The number of ether oxygens (including phenoxy) is 1. The fourth-order valence-corrected chi connectivity index (χ4v) is 14.0. The Hall–Kier alpha value is -3.38. The smallest absolute Gasteiger partial charge is 0.261 e. The average molecular weight is 807 g/mol. The second-order valence-electron chi connectivity index (χ2n) is 21.0. The number of allylic oxidation sites excluding steroid dienone is 3. The summed E-state index contributed by atoms with van der Waals surface area (Å²) in [5.41, 5.74) is 9.30. The second-order valence-corrected chi connectivity index (χ2v) is 21.0. The fraction of sp³-hybridized carbons (Fsp3) is 0.633. The van der Waals surface area contributed by atoms with Crippen molar-refractivity contribution >= 4 is 28.2 Å². The topological polar surface area (TPSA) is 128 Å². The van der Waals surface area contributed by atoms with Gasteiger partial charge in [-0.15, -0.1) is 0 Å². The third-order valence-electron chi connectivity index (χ3n) is 16.8. The maximum absolute atomic E-state index is 15.0. The van der Waals surface area contributed by atoms with Gasteiger partial charge in [-0.3, -0.25) is 19.9 Å². The second kappa shape index (κ2) is 13.6. The van der Waals surface area contributed by atoms with E-state index in [9.17, 15) is 24.9 Å². The highest BCUT2D eigenvalue weighted by molar-refractivity contribution is 6.18. The number of aliphatic hydroxyl groups is 3. The van der Waals surface area contributed by atoms with Crippen LogP contribution in [-0.4, -0.2) is 98.1 Å². The summed E-state index contributed by atoms with van der Waals surface area (Å²) < 4.78 is 8.92. The van der Waals surface area contributed by atoms with Gasteiger partial charge in [-0.05, 0) is 120 Å². The van der Waals surface area contributed by atoms with E-state index >= 15 is 0 Å². The number of fused-ring (bicyclic) bond motifs is 11. The third-order valence-corrected chi connectivity index (χ3v) is 16.8. The molecular weight excluding hydrogens is 741 g/mol. The Labute approximate surface area is 350 Å². The zero-order chi connectivity index (χ0) is 42.4. The number of Topliss-reactive ketones (excluding diaryl/α,β-unsaturated/α-hetero) is 1. The maximum atomic E-state index is 15.0. The van der Waals surface area contributed by atoms with Crippen LogP contribution in [-0.2, 0) is 21.4 Å². The van der Waals surface area contributed by atoms with E-state index in [1.54, 1.807) is 0 Å². The van der Waals surface area contributed by atoms with Crippen molar-refractivity contribution in [1.82, 2.24) is 19.9 Å². The number of aliphatic hydroxyl groups excluding tert-OH is 3. The maximum Gasteiger partial charge on any atom is 0.261 e. The molecular formula is C49H66N4O6. The first-order chi connectivity index (χ1) is 27.7. The van der Waals surface area contributed by atoms with Crippen LogP contribution in [0.4, 0.5) is 0 Å². The van der Waals surface area contributed by atoms with Gasteiger partial charge in [0.2, 0.25) is 0 Å². The van der Waals surface area contributed by atoms with E-state index in [0.717, 1.165) is 71.9 Å². The molecule has 4 N–H and O–H groups in total. The Balaban J connectivity index is 1.10. The van der Waals surface area contributed by atoms with Gasteiger partial charge in [0.05, 0.1) is 41.1 Å². The predicted molar refractivity (Wildman–Crippen MR) is 231 cm³/mol. The lowest BCUT2D eigenvalue weighted by Gasteiger charge is -2.64. The van der Waals surface area contributed by atoms with Crippen LogP contribution in [0.2, 0.25) is 0 Å². The molecule has 9 unspecified atom stereocenters. The molecule has 7 aliphatic rings. The van der Waals surface area contributed by atoms with Gasteiger partial charge in [0.15, 0.2) is 5.78 Å². The minimum Gasteiger partial charge on any atom is -0.395 e. The Kier molecular flexibility index (Phi) is 9.42. The number of hydrazine groups is 1. The number of carbonyl (C=O) groups excluding carboxylic acids is 2. The lowest BCUT2D eigenvalue weighted by atomic mass is 9.40. The van der Waals surface area contributed by atoms with Crippen LogP contribution in [0.15, 0.2) is 48.1 Å². The van der Waals surface area contributed by atoms with Crippen molar-refractivity contribution in [2.24, 2.45) is 28.6 Å². The summed E-state index contributed by atoms with van der Waals surface area (Å²) in [5.74, 6) is 0.135. The summed E-state index contributed by atoms with van der Waals surface area (Å²) in [6.45, 7) is 27.4. The lowest BCUT2D eigenvalue weighted by Crippen LogP contribution is -2.62. The molecule has 0 spiro atoms. The highest BCUT2D eigenvalue weighted by atomic mass is 16.5. The van der Waals surface area contributed by atoms with Gasteiger partial charge in [0.25, 0.3) is 5.91 Å². The molecule has 2 aromatic rings. The largest absolute Gasteiger partial charge is 0.395 e. The van der Waals surface area contributed by atoms with E-state index in [0.29, 0.717) is 43.1 Å². The SMILES string of the molecule is C=C(C)C1C(=O)c2c3c(cc4c5c(n1c24)C1(C)C(CCC2C(C)(/C=C/C=C(\C)C(=O)NN4CCN(CCO)CC4)C(O)CCC21C)C5)C1=CC(C)(C)OC(C)(C)C1C3O. The zero-order valence-electron chi connectivity index (χ0n) is 36.7. The van der Waals surface area contributed by atoms with Crippen LogP contribution in [0, 0.1) is 28.6 Å². The molecule has 1 aromatic carbocycles. The molecule has 10 nitrogen and oxygen atoms in total. The standard InChI is InChI=1S/C49H66N4O6/c1-27(2)39-42(57)37-36-30(33-26-45(4,5)59-46(6,7)38(33)41(36)56)25-31-32-24-29-13-14-34-47(8,35(55)15-17-48(34,9)49(29,10)43(32)53(39)40(31)37)16-11-12-28(3)44(58)50-52-20-18-51(19-21-52)22-23-54/h11-12,16,25-26,29,34-35,38-39,41,54-56H,1,13-15,17-24H2,2-10H3,(H,50,58)/b16-11+,28-12+. The predicted octanol–water partition coefficient (Wildman–Crippen LogP) is 6.74. The number of nitrogens with zero attached hydrogens (tertiary/aromatic N) is 3. The van der Waals surface area contributed by atoms with Crippen LogP contribution in [0.1, 0.15) is 133 Å². The van der Waals surface area contributed by atoms with Gasteiger partial charge in [0, 0.05) is 71.7 Å². The van der Waals surface area contributed by atoms with Crippen molar-refractivity contribution in [3.05, 3.63) is 76.0 Å². The Bertz CT molecular complexity index is 2260. The summed E-state index contributed by atoms with van der Waals surface area (Å²) in [7, 11) is 0. The third kappa shape index (κ3) is 5.65. The molecule has 4 aliphatic carbocycles. The van der Waals surface area contributed by atoms with Gasteiger partial charge in [-0.2, -0.15) is 0 Å². The molecule has 1 saturated heterocycles. The Morgan fingerprint density at radius 3 is 2.42 bits per heavy atom. The summed E-state index contributed by atoms with van der Waals surface area (Å²) in [6, 6.07) is 1.76. The molecule has 59 heavy (non-hydrogen) atoms. The van der Waals surface area contributed by atoms with E-state index in [2.05, 4.69) is 88.2 Å². The zero-order valence-corrected chi connectivity index (χ0v) is 36.7. The number of rotatable bonds is 7. The number of amides is 1. The number of benzene rings is 1. The first kappa shape index (κ1) is 41.0. The lowest BCUT2D eigenvalue weighted by molar-refractivity contribution is -0.144. The van der Waals surface area contributed by atoms with Crippen molar-refractivity contribution in [2.45, 2.75) is 129 Å². The number of ketones is 1. The number of hydrogen-bond acceptors (Lipinski definition) is 8. The minimum atomic E-state index is -0.864. The minimum absolute atomic E-state index is 0.0278.